The molecule has 3 rings (SSSR count). The molecule has 1 aromatic carbocycles. The lowest BCUT2D eigenvalue weighted by atomic mass is 9.74. The normalized spacial score (nSPS) is 18.9. The zero-order valence-corrected chi connectivity index (χ0v) is 14.0. The van der Waals surface area contributed by atoms with Gasteiger partial charge in [0.05, 0.1) is 11.1 Å². The second-order valence-corrected chi connectivity index (χ2v) is 6.66. The van der Waals surface area contributed by atoms with Gasteiger partial charge in [0.1, 0.15) is 12.3 Å². The monoisotopic (exact) mass is 346 g/mol. The molecule has 7 heteroatoms. The molecule has 1 aliphatic carbocycles. The van der Waals surface area contributed by atoms with Crippen molar-refractivity contribution < 1.29 is 24.2 Å². The van der Waals surface area contributed by atoms with Crippen LogP contribution in [0.15, 0.2) is 24.3 Å². The van der Waals surface area contributed by atoms with Crippen molar-refractivity contribution in [3.63, 3.8) is 0 Å². The highest BCUT2D eigenvalue weighted by Crippen LogP contribution is 2.36. The average molecular weight is 346 g/mol. The lowest BCUT2D eigenvalue weighted by molar-refractivity contribution is -0.151. The SMILES string of the molecule is O=C(CN1C(=O)COc2ccccc21)NCC1(C(=O)O)CCCCC1. The highest BCUT2D eigenvalue weighted by Gasteiger charge is 2.40. The van der Waals surface area contributed by atoms with Gasteiger partial charge >= 0.3 is 5.97 Å². The lowest BCUT2D eigenvalue weighted by Gasteiger charge is -2.34. The first-order chi connectivity index (χ1) is 12.0. The molecule has 0 aromatic heterocycles. The molecule has 1 aromatic rings. The molecule has 0 spiro atoms. The van der Waals surface area contributed by atoms with Crippen molar-refractivity contribution in [2.75, 3.05) is 24.6 Å². The van der Waals surface area contributed by atoms with Crippen molar-refractivity contribution in [1.29, 1.82) is 0 Å². The van der Waals surface area contributed by atoms with Crippen molar-refractivity contribution in [3.8, 4) is 5.75 Å². The Morgan fingerprint density at radius 1 is 1.20 bits per heavy atom. The first-order valence-electron chi connectivity index (χ1n) is 8.54. The second kappa shape index (κ2) is 7.13. The number of rotatable bonds is 5. The standard InChI is InChI=1S/C18H22N2O5/c21-15(19-12-18(17(23)24)8-4-1-5-9-18)10-20-13-6-2-3-7-14(13)25-11-16(20)22/h2-3,6-7H,1,4-5,8-12H2,(H,19,21)(H,23,24). The number of carboxylic acids is 1. The largest absolute Gasteiger partial charge is 0.482 e. The zero-order chi connectivity index (χ0) is 17.9. The van der Waals surface area contributed by atoms with Crippen molar-refractivity contribution in [1.82, 2.24) is 5.32 Å². The number of nitrogens with zero attached hydrogens (tertiary/aromatic N) is 1. The number of ether oxygens (including phenoxy) is 1. The lowest BCUT2D eigenvalue weighted by Crippen LogP contribution is -2.49. The molecule has 0 bridgehead atoms. The minimum absolute atomic E-state index is 0.0986. The van der Waals surface area contributed by atoms with Gasteiger partial charge in [-0.3, -0.25) is 19.3 Å². The molecule has 0 saturated heterocycles. The minimum Gasteiger partial charge on any atom is -0.482 e. The van der Waals surface area contributed by atoms with E-state index in [0.717, 1.165) is 19.3 Å². The van der Waals surface area contributed by atoms with Gasteiger partial charge < -0.3 is 15.2 Å². The van der Waals surface area contributed by atoms with Crippen LogP contribution in [0.3, 0.4) is 0 Å². The van der Waals surface area contributed by atoms with Crippen LogP contribution in [0.25, 0.3) is 0 Å². The van der Waals surface area contributed by atoms with E-state index >= 15 is 0 Å². The summed E-state index contributed by atoms with van der Waals surface area (Å²) in [5.74, 6) is -0.958. The summed E-state index contributed by atoms with van der Waals surface area (Å²) in [6, 6.07) is 7.04. The van der Waals surface area contributed by atoms with Crippen LogP contribution in [0.5, 0.6) is 5.75 Å². The number of para-hydroxylation sites is 2. The van der Waals surface area contributed by atoms with Gasteiger partial charge in [0, 0.05) is 6.54 Å². The van der Waals surface area contributed by atoms with E-state index in [1.54, 1.807) is 24.3 Å². The number of carbonyl (C=O) groups excluding carboxylic acids is 2. The summed E-state index contributed by atoms with van der Waals surface area (Å²) in [6.07, 6.45) is 3.89. The number of fused-ring (bicyclic) bond motifs is 1. The van der Waals surface area contributed by atoms with Crippen LogP contribution >= 0.6 is 0 Å². The fraction of sp³-hybridized carbons (Fsp3) is 0.500. The molecule has 1 saturated carbocycles. The first-order valence-corrected chi connectivity index (χ1v) is 8.54. The number of carbonyl (C=O) groups is 3. The fourth-order valence-corrected chi connectivity index (χ4v) is 3.49. The van der Waals surface area contributed by atoms with Gasteiger partial charge in [-0.25, -0.2) is 0 Å². The molecule has 2 aliphatic rings. The third-order valence-electron chi connectivity index (χ3n) is 5.00. The molecule has 0 unspecified atom stereocenters. The van der Waals surface area contributed by atoms with Gasteiger partial charge in [0.25, 0.3) is 5.91 Å². The summed E-state index contributed by atoms with van der Waals surface area (Å²) in [5.41, 5.74) is -0.333. The summed E-state index contributed by atoms with van der Waals surface area (Å²) < 4.78 is 5.35. The van der Waals surface area contributed by atoms with E-state index in [0.29, 0.717) is 24.3 Å². The summed E-state index contributed by atoms with van der Waals surface area (Å²) in [5, 5.41) is 12.3. The predicted octanol–water partition coefficient (Wildman–Crippen LogP) is 1.56. The summed E-state index contributed by atoms with van der Waals surface area (Å²) in [4.78, 5) is 37.5. The third kappa shape index (κ3) is 3.60. The number of nitrogens with one attached hydrogen (secondary N) is 1. The van der Waals surface area contributed by atoms with Crippen molar-refractivity contribution in [2.24, 2.45) is 5.41 Å². The first kappa shape index (κ1) is 17.3. The van der Waals surface area contributed by atoms with Crippen molar-refractivity contribution >= 4 is 23.5 Å². The molecular weight excluding hydrogens is 324 g/mol. The Balaban J connectivity index is 1.64. The average Bonchev–Trinajstić information content (AvgIpc) is 2.63. The van der Waals surface area contributed by atoms with E-state index in [4.69, 9.17) is 4.74 Å². The summed E-state index contributed by atoms with van der Waals surface area (Å²) in [6.45, 7) is -0.153. The molecule has 1 fully saturated rings. The molecule has 2 amide bonds. The molecule has 1 aliphatic heterocycles. The van der Waals surface area contributed by atoms with E-state index in [1.165, 1.54) is 4.90 Å². The number of aliphatic carboxylic acids is 1. The highest BCUT2D eigenvalue weighted by molar-refractivity contribution is 6.02. The van der Waals surface area contributed by atoms with Crippen LogP contribution < -0.4 is 15.0 Å². The Bertz CT molecular complexity index is 682. The molecule has 0 atom stereocenters. The van der Waals surface area contributed by atoms with Gasteiger partial charge in [0.2, 0.25) is 5.91 Å². The maximum atomic E-state index is 12.3. The van der Waals surface area contributed by atoms with Gasteiger partial charge in [-0.2, -0.15) is 0 Å². The second-order valence-electron chi connectivity index (χ2n) is 6.66. The molecule has 134 valence electrons. The number of hydrogen-bond acceptors (Lipinski definition) is 4. The Labute approximate surface area is 146 Å². The smallest absolute Gasteiger partial charge is 0.311 e. The van der Waals surface area contributed by atoms with Crippen molar-refractivity contribution in [2.45, 2.75) is 32.1 Å². The topological polar surface area (TPSA) is 95.9 Å². The maximum Gasteiger partial charge on any atom is 0.311 e. The Morgan fingerprint density at radius 3 is 2.64 bits per heavy atom. The van der Waals surface area contributed by atoms with Crippen LogP contribution in [0.4, 0.5) is 5.69 Å². The van der Waals surface area contributed by atoms with Crippen molar-refractivity contribution in [3.05, 3.63) is 24.3 Å². The fourth-order valence-electron chi connectivity index (χ4n) is 3.49. The Kier molecular flexibility index (Phi) is 4.92. The van der Waals surface area contributed by atoms with E-state index < -0.39 is 11.4 Å². The molecule has 2 N–H and O–H groups in total. The predicted molar refractivity (Wildman–Crippen MR) is 90.5 cm³/mol. The minimum atomic E-state index is -0.888. The van der Waals surface area contributed by atoms with E-state index in [9.17, 15) is 19.5 Å². The Morgan fingerprint density at radius 2 is 1.92 bits per heavy atom. The van der Waals surface area contributed by atoms with E-state index in [-0.39, 0.29) is 31.5 Å². The highest BCUT2D eigenvalue weighted by atomic mass is 16.5. The van der Waals surface area contributed by atoms with Gasteiger partial charge in [0.15, 0.2) is 6.61 Å². The third-order valence-corrected chi connectivity index (χ3v) is 5.00. The van der Waals surface area contributed by atoms with Crippen LogP contribution in [0.1, 0.15) is 32.1 Å². The Hall–Kier alpha value is -2.57. The van der Waals surface area contributed by atoms with Crippen LogP contribution in [-0.4, -0.2) is 42.6 Å². The van der Waals surface area contributed by atoms with Gasteiger partial charge in [-0.1, -0.05) is 31.4 Å². The number of hydrogen-bond donors (Lipinski definition) is 2. The van der Waals surface area contributed by atoms with Crippen LogP contribution in [-0.2, 0) is 14.4 Å². The molecule has 7 nitrogen and oxygen atoms in total. The summed E-state index contributed by atoms with van der Waals surface area (Å²) in [7, 11) is 0. The van der Waals surface area contributed by atoms with Crippen LogP contribution in [0, 0.1) is 5.41 Å². The zero-order valence-electron chi connectivity index (χ0n) is 14.0. The maximum absolute atomic E-state index is 12.3. The van der Waals surface area contributed by atoms with Gasteiger partial charge in [-0.05, 0) is 25.0 Å². The number of amides is 2. The van der Waals surface area contributed by atoms with E-state index in [2.05, 4.69) is 5.32 Å². The molecule has 25 heavy (non-hydrogen) atoms. The number of carboxylic acid groups (broad SMARTS) is 1. The number of anilines is 1. The van der Waals surface area contributed by atoms with Crippen LogP contribution in [0.2, 0.25) is 0 Å². The van der Waals surface area contributed by atoms with Gasteiger partial charge in [-0.15, -0.1) is 0 Å². The van der Waals surface area contributed by atoms with E-state index in [1.807, 2.05) is 0 Å². The quantitative estimate of drug-likeness (QED) is 0.843. The molecule has 0 radical (unpaired) electrons. The molecule has 1 heterocycles. The summed E-state index contributed by atoms with van der Waals surface area (Å²) >= 11 is 0. The molecular formula is C18H22N2O5. The number of benzene rings is 1.